The standard InChI is InChI=1S/C14H31N3O/c1-2-9-17-10-5-6-14(13-15,7-11-17)16-8-3-4-12-18/h16,18H,2-13,15H2,1H3. The van der Waals surface area contributed by atoms with Crippen molar-refractivity contribution in [3.63, 3.8) is 0 Å². The first-order valence-electron chi connectivity index (χ1n) is 7.54. The van der Waals surface area contributed by atoms with Crippen LogP contribution >= 0.6 is 0 Å². The number of aliphatic hydroxyl groups is 1. The minimum atomic E-state index is 0.137. The highest BCUT2D eigenvalue weighted by atomic mass is 16.2. The third-order valence-electron chi connectivity index (χ3n) is 4.05. The summed E-state index contributed by atoms with van der Waals surface area (Å²) < 4.78 is 0. The predicted octanol–water partition coefficient (Wildman–Crippen LogP) is 0.942. The first-order chi connectivity index (χ1) is 8.76. The lowest BCUT2D eigenvalue weighted by molar-refractivity contribution is 0.251. The lowest BCUT2D eigenvalue weighted by atomic mass is 9.90. The van der Waals surface area contributed by atoms with E-state index in [-0.39, 0.29) is 5.54 Å². The molecule has 1 aliphatic heterocycles. The zero-order chi connectivity index (χ0) is 13.3. The Kier molecular flexibility index (Phi) is 7.82. The average molecular weight is 257 g/mol. The molecule has 1 rings (SSSR count). The highest BCUT2D eigenvalue weighted by Crippen LogP contribution is 2.21. The van der Waals surface area contributed by atoms with E-state index in [0.717, 1.165) is 38.9 Å². The zero-order valence-corrected chi connectivity index (χ0v) is 12.0. The molecule has 1 unspecified atom stereocenters. The number of nitrogens with zero attached hydrogens (tertiary/aromatic N) is 1. The Bertz CT molecular complexity index is 213. The first kappa shape index (κ1) is 15.9. The Morgan fingerprint density at radius 2 is 2.11 bits per heavy atom. The van der Waals surface area contributed by atoms with Crippen molar-refractivity contribution >= 4 is 0 Å². The van der Waals surface area contributed by atoms with Crippen LogP contribution in [0.1, 0.15) is 45.4 Å². The van der Waals surface area contributed by atoms with Gasteiger partial charge in [-0.1, -0.05) is 6.92 Å². The monoisotopic (exact) mass is 257 g/mol. The molecule has 1 atom stereocenters. The first-order valence-corrected chi connectivity index (χ1v) is 7.54. The van der Waals surface area contributed by atoms with Crippen LogP contribution in [0.15, 0.2) is 0 Å². The summed E-state index contributed by atoms with van der Waals surface area (Å²) in [5.74, 6) is 0. The maximum atomic E-state index is 8.80. The van der Waals surface area contributed by atoms with Crippen LogP contribution in [0.2, 0.25) is 0 Å². The molecule has 0 aromatic heterocycles. The molecule has 1 fully saturated rings. The molecule has 1 aliphatic rings. The molecular formula is C14H31N3O. The quantitative estimate of drug-likeness (QED) is 0.566. The fourth-order valence-corrected chi connectivity index (χ4v) is 2.83. The molecule has 0 bridgehead atoms. The Balaban J connectivity index is 2.38. The maximum Gasteiger partial charge on any atom is 0.0431 e. The van der Waals surface area contributed by atoms with Crippen molar-refractivity contribution in [2.45, 2.75) is 51.0 Å². The number of hydrogen-bond donors (Lipinski definition) is 3. The van der Waals surface area contributed by atoms with E-state index in [4.69, 9.17) is 10.8 Å². The van der Waals surface area contributed by atoms with Crippen molar-refractivity contribution in [3.8, 4) is 0 Å². The average Bonchev–Trinajstić information content (AvgIpc) is 2.59. The third kappa shape index (κ3) is 5.22. The Hall–Kier alpha value is -0.160. The van der Waals surface area contributed by atoms with E-state index in [1.54, 1.807) is 0 Å². The summed E-state index contributed by atoms with van der Waals surface area (Å²) in [6.45, 7) is 7.84. The Morgan fingerprint density at radius 3 is 2.78 bits per heavy atom. The van der Waals surface area contributed by atoms with Crippen molar-refractivity contribution < 1.29 is 5.11 Å². The number of hydrogen-bond acceptors (Lipinski definition) is 4. The molecule has 0 saturated carbocycles. The van der Waals surface area contributed by atoms with Crippen LogP contribution in [0.3, 0.4) is 0 Å². The van der Waals surface area contributed by atoms with Crippen molar-refractivity contribution in [2.75, 3.05) is 39.3 Å². The summed E-state index contributed by atoms with van der Waals surface area (Å²) in [5, 5.41) is 12.5. The van der Waals surface area contributed by atoms with Crippen LogP contribution in [0.5, 0.6) is 0 Å². The van der Waals surface area contributed by atoms with Crippen molar-refractivity contribution in [2.24, 2.45) is 5.73 Å². The van der Waals surface area contributed by atoms with Crippen LogP contribution in [0.25, 0.3) is 0 Å². The van der Waals surface area contributed by atoms with Crippen LogP contribution in [0, 0.1) is 0 Å². The van der Waals surface area contributed by atoms with E-state index in [9.17, 15) is 0 Å². The second kappa shape index (κ2) is 8.86. The molecule has 0 radical (unpaired) electrons. The molecule has 4 N–H and O–H groups in total. The van der Waals surface area contributed by atoms with Crippen molar-refractivity contribution in [1.82, 2.24) is 10.2 Å². The molecule has 0 aromatic rings. The van der Waals surface area contributed by atoms with E-state index >= 15 is 0 Å². The van der Waals surface area contributed by atoms with Gasteiger partial charge in [0.2, 0.25) is 0 Å². The number of unbranched alkanes of at least 4 members (excludes halogenated alkanes) is 1. The molecule has 1 saturated heterocycles. The molecular weight excluding hydrogens is 226 g/mol. The van der Waals surface area contributed by atoms with Gasteiger partial charge in [0.25, 0.3) is 0 Å². The van der Waals surface area contributed by atoms with Crippen molar-refractivity contribution in [1.29, 1.82) is 0 Å². The molecule has 1 heterocycles. The summed E-state index contributed by atoms with van der Waals surface area (Å²) in [7, 11) is 0. The topological polar surface area (TPSA) is 61.5 Å². The fourth-order valence-electron chi connectivity index (χ4n) is 2.83. The summed E-state index contributed by atoms with van der Waals surface area (Å²) >= 11 is 0. The van der Waals surface area contributed by atoms with Gasteiger partial charge in [-0.05, 0) is 64.7 Å². The van der Waals surface area contributed by atoms with Gasteiger partial charge in [-0.25, -0.2) is 0 Å². The van der Waals surface area contributed by atoms with Crippen molar-refractivity contribution in [3.05, 3.63) is 0 Å². The molecule has 4 nitrogen and oxygen atoms in total. The van der Waals surface area contributed by atoms with E-state index in [1.807, 2.05) is 0 Å². The lowest BCUT2D eigenvalue weighted by Crippen LogP contribution is -2.52. The summed E-state index contributed by atoms with van der Waals surface area (Å²) in [5.41, 5.74) is 6.15. The molecule has 108 valence electrons. The van der Waals surface area contributed by atoms with Crippen LogP contribution in [-0.4, -0.2) is 54.9 Å². The highest BCUT2D eigenvalue weighted by Gasteiger charge is 2.30. The number of rotatable bonds is 8. The molecule has 0 spiro atoms. The summed E-state index contributed by atoms with van der Waals surface area (Å²) in [4.78, 5) is 2.56. The predicted molar refractivity (Wildman–Crippen MR) is 76.7 cm³/mol. The molecule has 0 aliphatic carbocycles. The smallest absolute Gasteiger partial charge is 0.0431 e. The van der Waals surface area contributed by atoms with E-state index in [2.05, 4.69) is 17.1 Å². The molecule has 0 amide bonds. The Labute approximate surface area is 112 Å². The van der Waals surface area contributed by atoms with Crippen LogP contribution in [-0.2, 0) is 0 Å². The van der Waals surface area contributed by atoms with E-state index in [0.29, 0.717) is 6.61 Å². The zero-order valence-electron chi connectivity index (χ0n) is 12.0. The van der Waals surface area contributed by atoms with Gasteiger partial charge in [0.15, 0.2) is 0 Å². The van der Waals surface area contributed by atoms with Gasteiger partial charge in [0.05, 0.1) is 0 Å². The summed E-state index contributed by atoms with van der Waals surface area (Å²) in [6, 6.07) is 0. The Morgan fingerprint density at radius 1 is 1.28 bits per heavy atom. The van der Waals surface area contributed by atoms with Gasteiger partial charge in [0.1, 0.15) is 0 Å². The van der Waals surface area contributed by atoms with Crippen LogP contribution < -0.4 is 11.1 Å². The number of likely N-dealkylation sites (tertiary alicyclic amines) is 1. The minimum absolute atomic E-state index is 0.137. The van der Waals surface area contributed by atoms with Gasteiger partial charge in [0, 0.05) is 18.7 Å². The normalized spacial score (nSPS) is 26.2. The fraction of sp³-hybridized carbons (Fsp3) is 1.00. The largest absolute Gasteiger partial charge is 0.396 e. The van der Waals surface area contributed by atoms with E-state index in [1.165, 1.54) is 32.4 Å². The summed E-state index contributed by atoms with van der Waals surface area (Å²) in [6.07, 6.45) is 6.74. The second-order valence-corrected chi connectivity index (χ2v) is 5.54. The number of aliphatic hydroxyl groups excluding tert-OH is 1. The van der Waals surface area contributed by atoms with Gasteiger partial charge < -0.3 is 21.1 Å². The van der Waals surface area contributed by atoms with Gasteiger partial charge in [-0.3, -0.25) is 0 Å². The molecule has 4 heteroatoms. The second-order valence-electron chi connectivity index (χ2n) is 5.54. The van der Waals surface area contributed by atoms with Gasteiger partial charge in [-0.15, -0.1) is 0 Å². The molecule has 0 aromatic carbocycles. The van der Waals surface area contributed by atoms with Gasteiger partial charge in [-0.2, -0.15) is 0 Å². The number of nitrogens with one attached hydrogen (secondary N) is 1. The van der Waals surface area contributed by atoms with E-state index < -0.39 is 0 Å². The SMILES string of the molecule is CCCN1CCCC(CN)(NCCCCO)CC1. The van der Waals surface area contributed by atoms with Crippen LogP contribution in [0.4, 0.5) is 0 Å². The minimum Gasteiger partial charge on any atom is -0.396 e. The molecule has 18 heavy (non-hydrogen) atoms. The number of nitrogens with two attached hydrogens (primary N) is 1. The third-order valence-corrected chi connectivity index (χ3v) is 4.05. The van der Waals surface area contributed by atoms with Gasteiger partial charge >= 0.3 is 0 Å². The highest BCUT2D eigenvalue weighted by molar-refractivity contribution is 4.92. The lowest BCUT2D eigenvalue weighted by Gasteiger charge is -2.33. The maximum absolute atomic E-state index is 8.80.